The largest absolute Gasteiger partial charge is 0.389 e. The highest BCUT2D eigenvalue weighted by atomic mass is 32.1. The van der Waals surface area contributed by atoms with Gasteiger partial charge in [-0.25, -0.2) is 0 Å². The number of ether oxygens (including phenoxy) is 1. The number of anilines is 1. The normalized spacial score (nSPS) is 21.9. The van der Waals surface area contributed by atoms with Gasteiger partial charge in [0.1, 0.15) is 4.99 Å². The molecular weight excluding hydrogens is 256 g/mol. The van der Waals surface area contributed by atoms with Gasteiger partial charge in [-0.2, -0.15) is 0 Å². The van der Waals surface area contributed by atoms with Crippen LogP contribution in [-0.2, 0) is 4.74 Å². The number of hydrogen-bond donors (Lipinski definition) is 2. The SMILES string of the molecule is Cc1ccc(C(N)=S)c(NC2CCOC(C)(C)C2)c1. The van der Waals surface area contributed by atoms with Crippen molar-refractivity contribution in [1.29, 1.82) is 0 Å². The van der Waals surface area contributed by atoms with E-state index >= 15 is 0 Å². The molecule has 0 spiro atoms. The summed E-state index contributed by atoms with van der Waals surface area (Å²) in [6.07, 6.45) is 1.99. The van der Waals surface area contributed by atoms with Gasteiger partial charge in [-0.15, -0.1) is 0 Å². The van der Waals surface area contributed by atoms with Gasteiger partial charge in [0.05, 0.1) is 5.60 Å². The molecule has 1 atom stereocenters. The van der Waals surface area contributed by atoms with Crippen molar-refractivity contribution in [3.63, 3.8) is 0 Å². The number of nitrogens with two attached hydrogens (primary N) is 1. The molecule has 0 radical (unpaired) electrons. The van der Waals surface area contributed by atoms with Crippen molar-refractivity contribution >= 4 is 22.9 Å². The van der Waals surface area contributed by atoms with E-state index in [1.54, 1.807) is 0 Å². The Balaban J connectivity index is 2.18. The van der Waals surface area contributed by atoms with Gasteiger partial charge in [0.25, 0.3) is 0 Å². The van der Waals surface area contributed by atoms with Crippen molar-refractivity contribution in [1.82, 2.24) is 0 Å². The molecule has 1 aromatic carbocycles. The van der Waals surface area contributed by atoms with E-state index in [4.69, 9.17) is 22.7 Å². The Hall–Kier alpha value is -1.13. The molecule has 1 aliphatic rings. The van der Waals surface area contributed by atoms with E-state index in [2.05, 4.69) is 32.2 Å². The Bertz CT molecular complexity index is 485. The molecule has 4 heteroatoms. The van der Waals surface area contributed by atoms with Crippen molar-refractivity contribution in [3.8, 4) is 0 Å². The van der Waals surface area contributed by atoms with E-state index in [0.717, 1.165) is 30.7 Å². The number of thiocarbonyl (C=S) groups is 1. The van der Waals surface area contributed by atoms with Gasteiger partial charge < -0.3 is 15.8 Å². The summed E-state index contributed by atoms with van der Waals surface area (Å²) in [7, 11) is 0. The average molecular weight is 278 g/mol. The van der Waals surface area contributed by atoms with Gasteiger partial charge in [-0.1, -0.05) is 18.3 Å². The molecule has 2 rings (SSSR count). The van der Waals surface area contributed by atoms with Crippen molar-refractivity contribution < 1.29 is 4.74 Å². The molecule has 0 aromatic heterocycles. The third-order valence-corrected chi connectivity index (χ3v) is 3.72. The Labute approximate surface area is 120 Å². The van der Waals surface area contributed by atoms with Crippen LogP contribution >= 0.6 is 12.2 Å². The fraction of sp³-hybridized carbons (Fsp3) is 0.533. The van der Waals surface area contributed by atoms with Crippen molar-refractivity contribution in [2.24, 2.45) is 5.73 Å². The maximum Gasteiger partial charge on any atom is 0.106 e. The van der Waals surface area contributed by atoms with Crippen LogP contribution < -0.4 is 11.1 Å². The van der Waals surface area contributed by atoms with Crippen LogP contribution in [0.15, 0.2) is 18.2 Å². The second-order valence-corrected chi connectivity index (χ2v) is 6.30. The highest BCUT2D eigenvalue weighted by molar-refractivity contribution is 7.80. The minimum absolute atomic E-state index is 0.0663. The fourth-order valence-electron chi connectivity index (χ4n) is 2.57. The predicted molar refractivity (Wildman–Crippen MR) is 83.7 cm³/mol. The zero-order valence-electron chi connectivity index (χ0n) is 11.8. The molecule has 1 saturated heterocycles. The summed E-state index contributed by atoms with van der Waals surface area (Å²) in [5.74, 6) is 0. The van der Waals surface area contributed by atoms with E-state index in [-0.39, 0.29) is 5.60 Å². The van der Waals surface area contributed by atoms with Crippen molar-refractivity contribution in [2.75, 3.05) is 11.9 Å². The third-order valence-electron chi connectivity index (χ3n) is 3.50. The maximum absolute atomic E-state index is 5.79. The molecule has 0 saturated carbocycles. The average Bonchev–Trinajstić information content (AvgIpc) is 2.27. The zero-order chi connectivity index (χ0) is 14.0. The van der Waals surface area contributed by atoms with Crippen LogP contribution in [0.2, 0.25) is 0 Å². The van der Waals surface area contributed by atoms with Crippen LogP contribution in [-0.4, -0.2) is 23.2 Å². The van der Waals surface area contributed by atoms with E-state index in [0.29, 0.717) is 11.0 Å². The molecule has 1 aliphatic heterocycles. The lowest BCUT2D eigenvalue weighted by Crippen LogP contribution is -2.40. The lowest BCUT2D eigenvalue weighted by atomic mass is 9.93. The molecular formula is C15H22N2OS. The van der Waals surface area contributed by atoms with Gasteiger partial charge in [0.2, 0.25) is 0 Å². The number of benzene rings is 1. The second-order valence-electron chi connectivity index (χ2n) is 5.86. The number of rotatable bonds is 3. The minimum Gasteiger partial charge on any atom is -0.389 e. The van der Waals surface area contributed by atoms with Crippen LogP contribution in [0, 0.1) is 6.92 Å². The molecule has 1 aromatic rings. The molecule has 3 N–H and O–H groups in total. The lowest BCUT2D eigenvalue weighted by Gasteiger charge is -2.36. The molecule has 3 nitrogen and oxygen atoms in total. The van der Waals surface area contributed by atoms with Crippen LogP contribution in [0.5, 0.6) is 0 Å². The Morgan fingerprint density at radius 1 is 1.47 bits per heavy atom. The molecule has 0 amide bonds. The first-order chi connectivity index (χ1) is 8.87. The van der Waals surface area contributed by atoms with Gasteiger partial charge in [0.15, 0.2) is 0 Å². The smallest absolute Gasteiger partial charge is 0.106 e. The summed E-state index contributed by atoms with van der Waals surface area (Å²) >= 11 is 5.12. The van der Waals surface area contributed by atoms with E-state index < -0.39 is 0 Å². The molecule has 19 heavy (non-hydrogen) atoms. The topological polar surface area (TPSA) is 47.3 Å². The van der Waals surface area contributed by atoms with E-state index in [1.165, 1.54) is 5.56 Å². The molecule has 104 valence electrons. The van der Waals surface area contributed by atoms with Crippen LogP contribution in [0.25, 0.3) is 0 Å². The first kappa shape index (κ1) is 14.3. The standard InChI is InChI=1S/C15H22N2OS/c1-10-4-5-12(14(16)19)13(8-10)17-11-6-7-18-15(2,3)9-11/h4-5,8,11,17H,6-7,9H2,1-3H3,(H2,16,19). The van der Waals surface area contributed by atoms with E-state index in [1.807, 2.05) is 12.1 Å². The number of hydrogen-bond acceptors (Lipinski definition) is 3. The number of aryl methyl sites for hydroxylation is 1. The Kier molecular flexibility index (Phi) is 4.11. The van der Waals surface area contributed by atoms with Gasteiger partial charge in [-0.05, 0) is 51.3 Å². The van der Waals surface area contributed by atoms with Gasteiger partial charge in [0, 0.05) is 23.9 Å². The quantitative estimate of drug-likeness (QED) is 0.834. The third kappa shape index (κ3) is 3.67. The zero-order valence-corrected chi connectivity index (χ0v) is 12.6. The summed E-state index contributed by atoms with van der Waals surface area (Å²) in [4.78, 5) is 0.439. The maximum atomic E-state index is 5.79. The summed E-state index contributed by atoms with van der Waals surface area (Å²) in [5.41, 5.74) is 8.88. The molecule has 1 unspecified atom stereocenters. The van der Waals surface area contributed by atoms with Crippen LogP contribution in [0.1, 0.15) is 37.8 Å². The summed E-state index contributed by atoms with van der Waals surface area (Å²) in [5, 5.41) is 3.58. The first-order valence-electron chi connectivity index (χ1n) is 6.68. The minimum atomic E-state index is -0.0663. The summed E-state index contributed by atoms with van der Waals surface area (Å²) in [6.45, 7) is 7.12. The van der Waals surface area contributed by atoms with E-state index in [9.17, 15) is 0 Å². The predicted octanol–water partition coefficient (Wildman–Crippen LogP) is 3.00. The van der Waals surface area contributed by atoms with Crippen molar-refractivity contribution in [2.45, 2.75) is 45.3 Å². The van der Waals surface area contributed by atoms with Gasteiger partial charge >= 0.3 is 0 Å². The number of nitrogens with one attached hydrogen (secondary N) is 1. The monoisotopic (exact) mass is 278 g/mol. The van der Waals surface area contributed by atoms with Crippen molar-refractivity contribution in [3.05, 3.63) is 29.3 Å². The highest BCUT2D eigenvalue weighted by Crippen LogP contribution is 2.28. The molecule has 0 aliphatic carbocycles. The second kappa shape index (κ2) is 5.47. The fourth-order valence-corrected chi connectivity index (χ4v) is 2.75. The lowest BCUT2D eigenvalue weighted by molar-refractivity contribution is -0.0553. The summed E-state index contributed by atoms with van der Waals surface area (Å²) < 4.78 is 5.74. The molecule has 1 heterocycles. The van der Waals surface area contributed by atoms with Crippen LogP contribution in [0.3, 0.4) is 0 Å². The first-order valence-corrected chi connectivity index (χ1v) is 7.09. The highest BCUT2D eigenvalue weighted by Gasteiger charge is 2.29. The van der Waals surface area contributed by atoms with Gasteiger partial charge in [-0.3, -0.25) is 0 Å². The van der Waals surface area contributed by atoms with Crippen LogP contribution in [0.4, 0.5) is 5.69 Å². The molecule has 0 bridgehead atoms. The Morgan fingerprint density at radius 3 is 2.84 bits per heavy atom. The summed E-state index contributed by atoms with van der Waals surface area (Å²) in [6, 6.07) is 6.54. The molecule has 1 fully saturated rings. The Morgan fingerprint density at radius 2 is 2.21 bits per heavy atom.